The lowest BCUT2D eigenvalue weighted by atomic mass is 10.0. The molecule has 0 radical (unpaired) electrons. The number of para-hydroxylation sites is 3. The topological polar surface area (TPSA) is 56.1 Å². The van der Waals surface area contributed by atoms with Crippen molar-refractivity contribution in [2.24, 2.45) is 0 Å². The third-order valence-electron chi connectivity index (χ3n) is 5.78. The predicted molar refractivity (Wildman–Crippen MR) is 133 cm³/mol. The van der Waals surface area contributed by atoms with E-state index in [-0.39, 0.29) is 11.9 Å². The number of carbonyl (C=O) groups excluding carboxylic acids is 1. The number of nitrogens with zero attached hydrogens (tertiary/aromatic N) is 2. The minimum absolute atomic E-state index is 0.102. The first-order chi connectivity index (χ1) is 16.0. The van der Waals surface area contributed by atoms with E-state index in [1.165, 1.54) is 5.56 Å². The van der Waals surface area contributed by atoms with Gasteiger partial charge in [-0.25, -0.2) is 4.98 Å². The van der Waals surface area contributed by atoms with Crippen LogP contribution in [0.2, 0.25) is 0 Å². The van der Waals surface area contributed by atoms with E-state index in [0.29, 0.717) is 18.1 Å². The Labute approximate surface area is 195 Å². The van der Waals surface area contributed by atoms with Gasteiger partial charge in [-0.05, 0) is 55.2 Å². The van der Waals surface area contributed by atoms with Crippen molar-refractivity contribution < 1.29 is 9.53 Å². The number of imidazole rings is 1. The number of fused-ring (bicyclic) bond motifs is 1. The molecule has 0 aliphatic carbocycles. The van der Waals surface area contributed by atoms with Gasteiger partial charge in [-0.2, -0.15) is 0 Å². The first kappa shape index (κ1) is 22.6. The molecule has 0 aliphatic heterocycles. The Kier molecular flexibility index (Phi) is 7.08. The van der Waals surface area contributed by atoms with Crippen LogP contribution in [0.3, 0.4) is 0 Å². The van der Waals surface area contributed by atoms with Gasteiger partial charge in [-0.1, -0.05) is 62.4 Å². The molecule has 5 nitrogen and oxygen atoms in total. The zero-order valence-corrected chi connectivity index (χ0v) is 19.5. The van der Waals surface area contributed by atoms with Crippen LogP contribution < -0.4 is 10.1 Å². The van der Waals surface area contributed by atoms with Gasteiger partial charge in [-0.15, -0.1) is 0 Å². The molecule has 1 unspecified atom stereocenters. The molecular formula is C28H31N3O2. The summed E-state index contributed by atoms with van der Waals surface area (Å²) >= 11 is 0. The van der Waals surface area contributed by atoms with E-state index in [1.807, 2.05) is 67.6 Å². The van der Waals surface area contributed by atoms with E-state index in [1.54, 1.807) is 0 Å². The van der Waals surface area contributed by atoms with Crippen molar-refractivity contribution in [2.75, 3.05) is 6.61 Å². The number of ether oxygens (including phenoxy) is 1. The summed E-state index contributed by atoms with van der Waals surface area (Å²) in [5, 5.41) is 3.10. The molecule has 1 N–H and O–H groups in total. The molecule has 0 aliphatic rings. The van der Waals surface area contributed by atoms with Gasteiger partial charge >= 0.3 is 0 Å². The Bertz CT molecular complexity index is 1210. The van der Waals surface area contributed by atoms with Gasteiger partial charge in [0.1, 0.15) is 11.6 Å². The van der Waals surface area contributed by atoms with Crippen LogP contribution in [-0.4, -0.2) is 22.1 Å². The van der Waals surface area contributed by atoms with Gasteiger partial charge in [0.05, 0.1) is 23.7 Å². The second-order valence-corrected chi connectivity index (χ2v) is 8.57. The molecule has 0 saturated heterocycles. The van der Waals surface area contributed by atoms with Crippen molar-refractivity contribution in [3.63, 3.8) is 0 Å². The molecule has 0 bridgehead atoms. The van der Waals surface area contributed by atoms with Crippen LogP contribution in [0.15, 0.2) is 78.9 Å². The highest BCUT2D eigenvalue weighted by molar-refractivity contribution is 5.94. The lowest BCUT2D eigenvalue weighted by Gasteiger charge is -2.17. The monoisotopic (exact) mass is 441 g/mol. The summed E-state index contributed by atoms with van der Waals surface area (Å²) in [6, 6.07) is 25.4. The molecule has 4 rings (SSSR count). The van der Waals surface area contributed by atoms with Crippen molar-refractivity contribution in [3.8, 4) is 5.75 Å². The quantitative estimate of drug-likeness (QED) is 0.318. The van der Waals surface area contributed by atoms with Crippen molar-refractivity contribution in [2.45, 2.75) is 45.7 Å². The van der Waals surface area contributed by atoms with Crippen LogP contribution in [0, 0.1) is 0 Å². The zero-order valence-electron chi connectivity index (χ0n) is 19.5. The molecule has 3 aromatic carbocycles. The predicted octanol–water partition coefficient (Wildman–Crippen LogP) is 6.12. The Balaban J connectivity index is 1.48. The second kappa shape index (κ2) is 10.3. The number of aromatic nitrogens is 2. The second-order valence-electron chi connectivity index (χ2n) is 8.57. The Morgan fingerprint density at radius 3 is 2.42 bits per heavy atom. The fraction of sp³-hybridized carbons (Fsp3) is 0.286. The maximum absolute atomic E-state index is 12.7. The minimum Gasteiger partial charge on any atom is -0.493 e. The van der Waals surface area contributed by atoms with Crippen molar-refractivity contribution in [3.05, 3.63) is 95.8 Å². The molecule has 4 aromatic rings. The first-order valence-corrected chi connectivity index (χ1v) is 11.6. The van der Waals surface area contributed by atoms with Crippen LogP contribution >= 0.6 is 0 Å². The van der Waals surface area contributed by atoms with Gasteiger partial charge in [-0.3, -0.25) is 4.79 Å². The average Bonchev–Trinajstić information content (AvgIpc) is 3.21. The molecule has 33 heavy (non-hydrogen) atoms. The molecule has 1 heterocycles. The van der Waals surface area contributed by atoms with E-state index >= 15 is 0 Å². The average molecular weight is 442 g/mol. The van der Waals surface area contributed by atoms with Gasteiger partial charge in [0.2, 0.25) is 0 Å². The lowest BCUT2D eigenvalue weighted by Crippen LogP contribution is -2.28. The Morgan fingerprint density at radius 2 is 1.64 bits per heavy atom. The van der Waals surface area contributed by atoms with Gasteiger partial charge in [0.15, 0.2) is 0 Å². The summed E-state index contributed by atoms with van der Waals surface area (Å²) in [6.07, 6.45) is 0.832. The van der Waals surface area contributed by atoms with Crippen LogP contribution in [0.1, 0.15) is 60.9 Å². The number of aryl methyl sites for hydroxylation is 1. The summed E-state index contributed by atoms with van der Waals surface area (Å²) in [5.41, 5.74) is 3.86. The largest absolute Gasteiger partial charge is 0.493 e. The Morgan fingerprint density at radius 1 is 0.939 bits per heavy atom. The molecule has 1 atom stereocenters. The minimum atomic E-state index is -0.229. The normalized spacial score (nSPS) is 12.1. The van der Waals surface area contributed by atoms with Crippen LogP contribution in [0.25, 0.3) is 11.0 Å². The molecule has 0 spiro atoms. The van der Waals surface area contributed by atoms with E-state index in [9.17, 15) is 4.79 Å². The number of carbonyl (C=O) groups is 1. The third-order valence-corrected chi connectivity index (χ3v) is 5.78. The summed E-state index contributed by atoms with van der Waals surface area (Å²) in [7, 11) is 0. The number of rotatable bonds is 9. The number of hydrogen-bond donors (Lipinski definition) is 1. The molecule has 170 valence electrons. The lowest BCUT2D eigenvalue weighted by molar-refractivity contribution is 0.0937. The molecule has 0 saturated carbocycles. The van der Waals surface area contributed by atoms with E-state index < -0.39 is 0 Å². The van der Waals surface area contributed by atoms with Crippen molar-refractivity contribution in [1.29, 1.82) is 0 Å². The fourth-order valence-electron chi connectivity index (χ4n) is 4.09. The standard InChI is InChI=1S/C28H31N3O2/c1-20(2)23-14-7-10-17-26(23)33-19-11-18-31-25-16-9-8-15-24(25)30-27(31)21(3)29-28(32)22-12-5-4-6-13-22/h4-10,12-17,20-21H,11,18-19H2,1-3H3,(H,29,32). The number of amides is 1. The van der Waals surface area contributed by atoms with Crippen molar-refractivity contribution >= 4 is 16.9 Å². The summed E-state index contributed by atoms with van der Waals surface area (Å²) in [4.78, 5) is 17.5. The zero-order chi connectivity index (χ0) is 23.2. The van der Waals surface area contributed by atoms with E-state index in [0.717, 1.165) is 35.6 Å². The van der Waals surface area contributed by atoms with Gasteiger partial charge < -0.3 is 14.6 Å². The number of hydrogen-bond acceptors (Lipinski definition) is 3. The number of benzene rings is 3. The summed E-state index contributed by atoms with van der Waals surface area (Å²) in [5.74, 6) is 2.12. The maximum Gasteiger partial charge on any atom is 0.251 e. The van der Waals surface area contributed by atoms with Crippen LogP contribution in [0.5, 0.6) is 5.75 Å². The van der Waals surface area contributed by atoms with Gasteiger partial charge in [0.25, 0.3) is 5.91 Å². The SMILES string of the molecule is CC(C)c1ccccc1OCCCn1c(C(C)NC(=O)c2ccccc2)nc2ccccc21. The maximum atomic E-state index is 12.7. The van der Waals surface area contributed by atoms with Gasteiger partial charge in [0, 0.05) is 12.1 Å². The highest BCUT2D eigenvalue weighted by Gasteiger charge is 2.19. The van der Waals surface area contributed by atoms with Crippen LogP contribution in [-0.2, 0) is 6.54 Å². The smallest absolute Gasteiger partial charge is 0.251 e. The molecule has 1 amide bonds. The summed E-state index contributed by atoms with van der Waals surface area (Å²) in [6.45, 7) is 7.70. The van der Waals surface area contributed by atoms with E-state index in [2.05, 4.69) is 41.9 Å². The fourth-order valence-corrected chi connectivity index (χ4v) is 4.09. The molecular weight excluding hydrogens is 410 g/mol. The van der Waals surface area contributed by atoms with E-state index in [4.69, 9.17) is 9.72 Å². The summed E-state index contributed by atoms with van der Waals surface area (Å²) < 4.78 is 8.33. The highest BCUT2D eigenvalue weighted by atomic mass is 16.5. The molecule has 5 heteroatoms. The molecule has 0 fully saturated rings. The first-order valence-electron chi connectivity index (χ1n) is 11.6. The third kappa shape index (κ3) is 5.25. The number of nitrogens with one attached hydrogen (secondary N) is 1. The molecule has 1 aromatic heterocycles. The highest BCUT2D eigenvalue weighted by Crippen LogP contribution is 2.26. The Hall–Kier alpha value is -3.60. The van der Waals surface area contributed by atoms with Crippen molar-refractivity contribution in [1.82, 2.24) is 14.9 Å². The van der Waals surface area contributed by atoms with Crippen LogP contribution in [0.4, 0.5) is 0 Å².